The number of carboxylic acids is 1. The Labute approximate surface area is 477 Å². The highest BCUT2D eigenvalue weighted by Gasteiger charge is 2.53. The second kappa shape index (κ2) is 25.0. The Balaban J connectivity index is 0.000000142. The topological polar surface area (TPSA) is 132 Å². The molecule has 5 fully saturated rings. The number of primary amides is 1. The van der Waals surface area contributed by atoms with Crippen LogP contribution in [0.5, 0.6) is 0 Å². The van der Waals surface area contributed by atoms with Crippen LogP contribution < -0.4 is 11.5 Å². The third-order valence-electron chi connectivity index (χ3n) is 13.3. The Kier molecular flexibility index (Phi) is 19.9. The summed E-state index contributed by atoms with van der Waals surface area (Å²) in [4.78, 5) is 40.3. The zero-order valence-corrected chi connectivity index (χ0v) is 49.3. The SMILES string of the molecule is NC(=O)C1(c2cccc(Br)c2)CC1.NC1(c2cccc(Br)c2)CC1.O=C(Cl)C1(c2cccc(Br)c2)CC1.O=C(O)C1(c2cccc(Br)c2)CC1.[C-]#[N+]C1(c2cccc(Br)c2)CC1.[C-]#[N+]Cc1cccc(Br)c1. The van der Waals surface area contributed by atoms with E-state index in [0.717, 1.165) is 119 Å². The number of halogens is 7. The molecule has 5 N–H and O–H groups in total. The number of hydrogen-bond donors (Lipinski definition) is 3. The average molecular weight is 1370 g/mol. The molecular weight excluding hydrogens is 1320 g/mol. The van der Waals surface area contributed by atoms with Gasteiger partial charge in [-0.2, -0.15) is 0 Å². The van der Waals surface area contributed by atoms with Crippen LogP contribution in [0.4, 0.5) is 0 Å². The Hall–Kier alpha value is -3.96. The maximum Gasteiger partial charge on any atom is 0.314 e. The van der Waals surface area contributed by atoms with Gasteiger partial charge in [0, 0.05) is 56.3 Å². The van der Waals surface area contributed by atoms with E-state index in [1.54, 1.807) is 0 Å². The molecule has 0 bridgehead atoms. The zero-order chi connectivity index (χ0) is 52.3. The highest BCUT2D eigenvalue weighted by atomic mass is 79.9. The van der Waals surface area contributed by atoms with Gasteiger partial charge in [0.05, 0.1) is 16.2 Å². The molecule has 0 spiro atoms. The molecule has 15 heteroatoms. The number of carboxylic acid groups (broad SMARTS) is 1. The fourth-order valence-corrected chi connectivity index (χ4v) is 10.7. The third-order valence-corrected chi connectivity index (χ3v) is 16.6. The van der Waals surface area contributed by atoms with Crippen molar-refractivity contribution < 1.29 is 19.5 Å². The molecule has 11 rings (SSSR count). The molecule has 5 aliphatic carbocycles. The van der Waals surface area contributed by atoms with Crippen molar-refractivity contribution in [3.8, 4) is 0 Å². The van der Waals surface area contributed by atoms with Crippen molar-refractivity contribution in [1.82, 2.24) is 0 Å². The van der Waals surface area contributed by atoms with E-state index in [9.17, 15) is 14.4 Å². The lowest BCUT2D eigenvalue weighted by atomic mass is 9.96. The molecule has 5 saturated carbocycles. The number of carbonyl (C=O) groups is 3. The van der Waals surface area contributed by atoms with Gasteiger partial charge in [0.15, 0.2) is 0 Å². The maximum atomic E-state index is 11.2. The smallest absolute Gasteiger partial charge is 0.314 e. The number of aliphatic carboxylic acids is 1. The minimum atomic E-state index is -0.703. The van der Waals surface area contributed by atoms with Crippen LogP contribution in [0.25, 0.3) is 9.69 Å². The summed E-state index contributed by atoms with van der Waals surface area (Å²) in [5, 5.41) is 8.80. The molecule has 5 aliphatic rings. The standard InChI is InChI=1S/C10H8BrClO.C10H10BrNO.C10H8BrN.C10H9BrO2.C9H10BrN.C8H6BrN/c2*11-8-3-1-2-7(6-8)10(4-5-10)9(12)13;1-12-10(5-6-10)8-3-2-4-9(11)7-8;11-8-3-1-2-7(6-8)10(4-5-10)9(12)13;10-8-3-1-2-7(6-8)9(11)4-5-9;1-10-6-7-3-2-4-8(9)5-7/h1-3,6H,4-5H2;1-3,6H,4-5H2,(H2,12,13);2-4,7H,5-6H2;1-3,6H,4-5H2,(H,12,13);1-3,6H,4-5,11H2;2-5H,6H2. The summed E-state index contributed by atoms with van der Waals surface area (Å²) in [5.74, 6) is -0.906. The summed E-state index contributed by atoms with van der Waals surface area (Å²) in [5.41, 5.74) is 16.4. The van der Waals surface area contributed by atoms with Gasteiger partial charge in [-0.15, -0.1) is 0 Å². The Morgan fingerprint density at radius 1 is 0.500 bits per heavy atom. The number of hydrogen-bond acceptors (Lipinski definition) is 4. The molecule has 6 aromatic rings. The largest absolute Gasteiger partial charge is 0.481 e. The van der Waals surface area contributed by atoms with Gasteiger partial charge in [-0.3, -0.25) is 14.4 Å². The summed E-state index contributed by atoms with van der Waals surface area (Å²) in [7, 11) is 0. The number of amides is 1. The first-order valence-electron chi connectivity index (χ1n) is 23.0. The van der Waals surface area contributed by atoms with E-state index in [0.29, 0.717) is 6.54 Å². The molecule has 372 valence electrons. The van der Waals surface area contributed by atoms with Crippen LogP contribution in [0.1, 0.15) is 97.6 Å². The van der Waals surface area contributed by atoms with Crippen LogP contribution in [0.2, 0.25) is 0 Å². The van der Waals surface area contributed by atoms with E-state index in [2.05, 4.69) is 117 Å². The summed E-state index contributed by atoms with van der Waals surface area (Å²) in [6, 6.07) is 47.3. The van der Waals surface area contributed by atoms with Crippen molar-refractivity contribution >= 4 is 124 Å². The summed E-state index contributed by atoms with van der Waals surface area (Å²) < 4.78 is 6.15. The van der Waals surface area contributed by atoms with Crippen molar-refractivity contribution in [3.05, 3.63) is 229 Å². The molecule has 0 atom stereocenters. The molecule has 8 nitrogen and oxygen atoms in total. The van der Waals surface area contributed by atoms with E-state index in [4.69, 9.17) is 41.3 Å². The highest BCUT2D eigenvalue weighted by molar-refractivity contribution is 9.11. The van der Waals surface area contributed by atoms with Crippen LogP contribution in [-0.4, -0.2) is 22.2 Å². The number of benzene rings is 6. The van der Waals surface area contributed by atoms with Crippen molar-refractivity contribution in [3.63, 3.8) is 0 Å². The van der Waals surface area contributed by atoms with Gasteiger partial charge in [0.1, 0.15) is 0 Å². The number of nitrogens with zero attached hydrogens (tertiary/aromatic N) is 2. The lowest BCUT2D eigenvalue weighted by Gasteiger charge is -2.10. The Morgan fingerprint density at radius 2 is 0.847 bits per heavy atom. The van der Waals surface area contributed by atoms with Crippen LogP contribution in [-0.2, 0) is 48.3 Å². The number of nitrogens with two attached hydrogens (primary N) is 2. The average Bonchev–Trinajstić information content (AvgIpc) is 4.12. The quantitative estimate of drug-likeness (QED) is 0.0980. The van der Waals surface area contributed by atoms with Crippen molar-refractivity contribution in [2.24, 2.45) is 11.5 Å². The second-order valence-corrected chi connectivity index (χ2v) is 24.3. The monoisotopic (exact) mass is 1360 g/mol. The van der Waals surface area contributed by atoms with Crippen molar-refractivity contribution in [2.75, 3.05) is 0 Å². The third kappa shape index (κ3) is 15.3. The molecule has 72 heavy (non-hydrogen) atoms. The maximum absolute atomic E-state index is 11.2. The van der Waals surface area contributed by atoms with Gasteiger partial charge in [-0.25, -0.2) is 13.1 Å². The molecule has 0 unspecified atom stereocenters. The molecule has 0 heterocycles. The van der Waals surface area contributed by atoms with Gasteiger partial charge in [-0.1, -0.05) is 168 Å². The number of rotatable bonds is 9. The minimum absolute atomic E-state index is 0.00375. The molecule has 6 aromatic carbocycles. The summed E-state index contributed by atoms with van der Waals surface area (Å²) >= 11 is 25.8. The van der Waals surface area contributed by atoms with E-state index in [-0.39, 0.29) is 33.1 Å². The van der Waals surface area contributed by atoms with Gasteiger partial charge in [-0.05, 0) is 158 Å². The first kappa shape index (κ1) is 57.3. The van der Waals surface area contributed by atoms with Gasteiger partial charge >= 0.3 is 5.97 Å². The highest BCUT2D eigenvalue weighted by Crippen LogP contribution is 2.52. The molecule has 0 radical (unpaired) electrons. The van der Waals surface area contributed by atoms with Crippen LogP contribution in [0.3, 0.4) is 0 Å². The second-order valence-electron chi connectivity index (χ2n) is 18.5. The van der Waals surface area contributed by atoms with Crippen LogP contribution in [0.15, 0.2) is 172 Å². The van der Waals surface area contributed by atoms with Crippen LogP contribution in [0, 0.1) is 13.1 Å². The first-order valence-corrected chi connectivity index (χ1v) is 28.2. The predicted octanol–water partition coefficient (Wildman–Crippen LogP) is 16.4. The van der Waals surface area contributed by atoms with Crippen molar-refractivity contribution in [2.45, 2.75) is 98.1 Å². The molecule has 0 saturated heterocycles. The van der Waals surface area contributed by atoms with Gasteiger partial charge in [0.2, 0.25) is 17.7 Å². The minimum Gasteiger partial charge on any atom is -0.481 e. The lowest BCUT2D eigenvalue weighted by molar-refractivity contribution is -0.140. The fourth-order valence-electron chi connectivity index (χ4n) is 7.95. The Morgan fingerprint density at radius 3 is 1.17 bits per heavy atom. The predicted molar refractivity (Wildman–Crippen MR) is 308 cm³/mol. The first-order chi connectivity index (χ1) is 34.2. The summed E-state index contributed by atoms with van der Waals surface area (Å²) in [6.45, 7) is 14.2. The van der Waals surface area contributed by atoms with Crippen LogP contribution >= 0.6 is 107 Å². The van der Waals surface area contributed by atoms with E-state index >= 15 is 0 Å². The molecule has 0 aromatic heterocycles. The van der Waals surface area contributed by atoms with E-state index in [1.807, 2.05) is 133 Å². The van der Waals surface area contributed by atoms with Crippen molar-refractivity contribution in [1.29, 1.82) is 0 Å². The molecular formula is C57H51Br6ClN4O4. The lowest BCUT2D eigenvalue weighted by Crippen LogP contribution is -2.28. The molecule has 1 amide bonds. The van der Waals surface area contributed by atoms with Gasteiger partial charge < -0.3 is 26.3 Å². The summed E-state index contributed by atoms with van der Waals surface area (Å²) in [6.07, 6.45) is 9.36. The molecule has 0 aliphatic heterocycles. The Bertz CT molecular complexity index is 2840. The number of carbonyl (C=O) groups excluding carboxylic acids is 2. The zero-order valence-electron chi connectivity index (χ0n) is 39.0. The van der Waals surface area contributed by atoms with E-state index < -0.39 is 11.4 Å². The normalized spacial score (nSPS) is 17.2. The fraction of sp³-hybridized carbons (Fsp3) is 0.281. The van der Waals surface area contributed by atoms with E-state index in [1.165, 1.54) is 5.56 Å². The van der Waals surface area contributed by atoms with Gasteiger partial charge in [0.25, 0.3) is 5.54 Å².